The summed E-state index contributed by atoms with van der Waals surface area (Å²) in [5.41, 5.74) is 6.58. The van der Waals surface area contributed by atoms with Gasteiger partial charge in [0, 0.05) is 12.5 Å². The van der Waals surface area contributed by atoms with E-state index >= 15 is 0 Å². The molecule has 3 N–H and O–H groups in total. The minimum atomic E-state index is -0.169. The average Bonchev–Trinajstić information content (AvgIpc) is 2.21. The van der Waals surface area contributed by atoms with E-state index in [2.05, 4.69) is 26.1 Å². The van der Waals surface area contributed by atoms with Crippen molar-refractivity contribution in [3.05, 3.63) is 28.2 Å². The molecular formula is C14H20Cl2N2O. The Hall–Kier alpha value is -0.770. The van der Waals surface area contributed by atoms with Gasteiger partial charge in [-0.2, -0.15) is 0 Å². The Kier molecular flexibility index (Phi) is 5.65. The molecule has 19 heavy (non-hydrogen) atoms. The maximum absolute atomic E-state index is 11.9. The zero-order valence-electron chi connectivity index (χ0n) is 11.5. The van der Waals surface area contributed by atoms with Crippen molar-refractivity contribution in [3.8, 4) is 0 Å². The van der Waals surface area contributed by atoms with Gasteiger partial charge in [-0.25, -0.2) is 0 Å². The van der Waals surface area contributed by atoms with Gasteiger partial charge in [0.1, 0.15) is 0 Å². The Morgan fingerprint density at radius 1 is 1.37 bits per heavy atom. The highest BCUT2D eigenvalue weighted by Crippen LogP contribution is 2.29. The van der Waals surface area contributed by atoms with Crippen LogP contribution in [-0.2, 0) is 4.79 Å². The number of rotatable bonds is 4. The molecule has 0 heterocycles. The van der Waals surface area contributed by atoms with Crippen LogP contribution in [0.4, 0.5) is 5.69 Å². The summed E-state index contributed by atoms with van der Waals surface area (Å²) < 4.78 is 0. The van der Waals surface area contributed by atoms with Gasteiger partial charge in [-0.3, -0.25) is 4.79 Å². The first kappa shape index (κ1) is 16.3. The van der Waals surface area contributed by atoms with Crippen molar-refractivity contribution < 1.29 is 4.79 Å². The third kappa shape index (κ3) is 5.81. The van der Waals surface area contributed by atoms with Crippen molar-refractivity contribution >= 4 is 34.8 Å². The zero-order chi connectivity index (χ0) is 14.6. The topological polar surface area (TPSA) is 55.1 Å². The van der Waals surface area contributed by atoms with Crippen molar-refractivity contribution in [1.29, 1.82) is 0 Å². The number of nitrogens with one attached hydrogen (secondary N) is 1. The summed E-state index contributed by atoms with van der Waals surface area (Å²) in [7, 11) is 0. The lowest BCUT2D eigenvalue weighted by atomic mass is 9.87. The van der Waals surface area contributed by atoms with Crippen LogP contribution in [0.1, 0.15) is 33.6 Å². The summed E-state index contributed by atoms with van der Waals surface area (Å²) in [6.07, 6.45) is 1.05. The highest BCUT2D eigenvalue weighted by molar-refractivity contribution is 6.43. The monoisotopic (exact) mass is 302 g/mol. The fraction of sp³-hybridized carbons (Fsp3) is 0.500. The van der Waals surface area contributed by atoms with Crippen LogP contribution in [0, 0.1) is 5.41 Å². The normalized spacial score (nSPS) is 13.2. The summed E-state index contributed by atoms with van der Waals surface area (Å²) >= 11 is 11.9. The minimum absolute atomic E-state index is 0.105. The summed E-state index contributed by atoms with van der Waals surface area (Å²) in [6, 6.07) is 4.95. The lowest BCUT2D eigenvalue weighted by Crippen LogP contribution is -2.31. The van der Waals surface area contributed by atoms with E-state index in [0.717, 1.165) is 6.42 Å². The van der Waals surface area contributed by atoms with Gasteiger partial charge in [-0.15, -0.1) is 0 Å². The first-order valence-corrected chi connectivity index (χ1v) is 6.94. The largest absolute Gasteiger partial charge is 0.327 e. The van der Waals surface area contributed by atoms with Gasteiger partial charge in [0.15, 0.2) is 0 Å². The number of carbonyl (C=O) groups is 1. The molecule has 106 valence electrons. The fourth-order valence-corrected chi connectivity index (χ4v) is 2.25. The van der Waals surface area contributed by atoms with E-state index in [9.17, 15) is 4.79 Å². The number of hydrogen-bond acceptors (Lipinski definition) is 2. The molecule has 3 nitrogen and oxygen atoms in total. The van der Waals surface area contributed by atoms with Crippen LogP contribution in [0.3, 0.4) is 0 Å². The van der Waals surface area contributed by atoms with Crippen molar-refractivity contribution in [2.75, 3.05) is 5.32 Å². The van der Waals surface area contributed by atoms with Crippen LogP contribution in [0.15, 0.2) is 18.2 Å². The Bertz CT molecular complexity index is 455. The number of amides is 1. The molecule has 0 radical (unpaired) electrons. The molecule has 0 aromatic heterocycles. The first-order chi connectivity index (χ1) is 8.69. The predicted molar refractivity (Wildman–Crippen MR) is 81.8 cm³/mol. The quantitative estimate of drug-likeness (QED) is 0.880. The Labute approximate surface area is 124 Å². The summed E-state index contributed by atoms with van der Waals surface area (Å²) in [5.74, 6) is -0.152. The minimum Gasteiger partial charge on any atom is -0.327 e. The van der Waals surface area contributed by atoms with Crippen LogP contribution in [0.2, 0.25) is 10.0 Å². The van der Waals surface area contributed by atoms with E-state index in [-0.39, 0.29) is 23.8 Å². The van der Waals surface area contributed by atoms with Gasteiger partial charge in [-0.05, 0) is 24.0 Å². The zero-order valence-corrected chi connectivity index (χ0v) is 13.0. The van der Waals surface area contributed by atoms with E-state index in [4.69, 9.17) is 28.9 Å². The number of carbonyl (C=O) groups excluding carboxylic acids is 1. The highest BCUT2D eigenvalue weighted by atomic mass is 35.5. The van der Waals surface area contributed by atoms with Crippen LogP contribution in [0.5, 0.6) is 0 Å². The number of anilines is 1. The average molecular weight is 303 g/mol. The molecule has 5 heteroatoms. The smallest absolute Gasteiger partial charge is 0.225 e. The van der Waals surface area contributed by atoms with Crippen LogP contribution >= 0.6 is 23.2 Å². The van der Waals surface area contributed by atoms with Gasteiger partial charge in [0.2, 0.25) is 5.91 Å². The van der Waals surface area contributed by atoms with E-state index in [1.165, 1.54) is 0 Å². The molecule has 1 aromatic rings. The lowest BCUT2D eigenvalue weighted by molar-refractivity contribution is -0.116. The second-order valence-electron chi connectivity index (χ2n) is 5.88. The van der Waals surface area contributed by atoms with Crippen LogP contribution in [-0.4, -0.2) is 11.9 Å². The third-order valence-corrected chi connectivity index (χ3v) is 3.37. The summed E-state index contributed by atoms with van der Waals surface area (Å²) in [5, 5.41) is 3.50. The predicted octanol–water partition coefficient (Wildman–Crippen LogP) is 4.09. The van der Waals surface area contributed by atoms with Crippen molar-refractivity contribution in [3.63, 3.8) is 0 Å². The summed E-state index contributed by atoms with van der Waals surface area (Å²) in [6.45, 7) is 6.29. The van der Waals surface area contributed by atoms with E-state index in [1.54, 1.807) is 18.2 Å². The number of halogens is 2. The molecule has 1 atom stereocenters. The van der Waals surface area contributed by atoms with Gasteiger partial charge in [0.05, 0.1) is 15.7 Å². The van der Waals surface area contributed by atoms with Gasteiger partial charge >= 0.3 is 0 Å². The molecule has 1 rings (SSSR count). The highest BCUT2D eigenvalue weighted by Gasteiger charge is 2.18. The van der Waals surface area contributed by atoms with Crippen molar-refractivity contribution in [2.45, 2.75) is 39.7 Å². The Morgan fingerprint density at radius 2 is 2.00 bits per heavy atom. The molecule has 0 spiro atoms. The molecule has 1 amide bonds. The van der Waals surface area contributed by atoms with Crippen molar-refractivity contribution in [1.82, 2.24) is 0 Å². The maximum atomic E-state index is 11.9. The fourth-order valence-electron chi connectivity index (χ4n) is 1.90. The number of benzene rings is 1. The lowest BCUT2D eigenvalue weighted by Gasteiger charge is -2.22. The SMILES string of the molecule is CC(C)(C)CC(N)CC(=O)Nc1cccc(Cl)c1Cl. The Balaban J connectivity index is 2.58. The molecule has 0 aliphatic heterocycles. The Morgan fingerprint density at radius 3 is 2.58 bits per heavy atom. The molecule has 0 saturated heterocycles. The van der Waals surface area contributed by atoms with Gasteiger partial charge in [-0.1, -0.05) is 50.0 Å². The molecular weight excluding hydrogens is 283 g/mol. The second-order valence-corrected chi connectivity index (χ2v) is 6.66. The van der Waals surface area contributed by atoms with Gasteiger partial charge in [0.25, 0.3) is 0 Å². The molecule has 0 fully saturated rings. The second kappa shape index (κ2) is 6.60. The van der Waals surface area contributed by atoms with E-state index < -0.39 is 0 Å². The number of nitrogens with two attached hydrogens (primary N) is 1. The molecule has 0 saturated carbocycles. The molecule has 1 unspecified atom stereocenters. The van der Waals surface area contributed by atoms with Gasteiger partial charge < -0.3 is 11.1 Å². The van der Waals surface area contributed by atoms with E-state index in [1.807, 2.05) is 0 Å². The summed E-state index contributed by atoms with van der Waals surface area (Å²) in [4.78, 5) is 11.9. The van der Waals surface area contributed by atoms with Crippen molar-refractivity contribution in [2.24, 2.45) is 11.1 Å². The molecule has 0 bridgehead atoms. The maximum Gasteiger partial charge on any atom is 0.225 e. The van der Waals surface area contributed by atoms with E-state index in [0.29, 0.717) is 15.7 Å². The first-order valence-electron chi connectivity index (χ1n) is 6.18. The molecule has 0 aliphatic carbocycles. The standard InChI is InChI=1S/C14H20Cl2N2O/c1-14(2,3)8-9(17)7-12(19)18-11-6-4-5-10(15)13(11)16/h4-6,9H,7-8,17H2,1-3H3,(H,18,19). The molecule has 0 aliphatic rings. The third-order valence-electron chi connectivity index (χ3n) is 2.55. The van der Waals surface area contributed by atoms with Crippen LogP contribution < -0.4 is 11.1 Å². The number of hydrogen-bond donors (Lipinski definition) is 2. The van der Waals surface area contributed by atoms with Crippen LogP contribution in [0.25, 0.3) is 0 Å². The molecule has 1 aromatic carbocycles.